The SMILES string of the molecule is O=C1c2cc(OCc3ccccc3)ccc2C(O)(c2ccccc2)N1c1ccc(OCc2ccccc2)cc1. The van der Waals surface area contributed by atoms with E-state index in [1.165, 1.54) is 4.90 Å². The molecule has 0 spiro atoms. The molecule has 1 aliphatic heterocycles. The Bertz CT molecular complexity index is 1570. The molecule has 192 valence electrons. The van der Waals surface area contributed by atoms with E-state index in [1.807, 2.05) is 103 Å². The standard InChI is InChI=1S/C34H27NO4/c36-33-31-22-30(39-24-26-12-6-2-7-13-26)20-21-32(31)34(37,27-14-8-3-9-15-27)35(33)28-16-18-29(19-17-28)38-23-25-10-4-1-5-11-25/h1-22,37H,23-24H2. The molecule has 5 aromatic rings. The number of benzene rings is 5. The normalized spacial score (nSPS) is 16.1. The molecular formula is C34H27NO4. The lowest BCUT2D eigenvalue weighted by Gasteiger charge is -2.35. The fraction of sp³-hybridized carbons (Fsp3) is 0.0882. The van der Waals surface area contributed by atoms with Crippen molar-refractivity contribution in [1.29, 1.82) is 0 Å². The van der Waals surface area contributed by atoms with E-state index >= 15 is 0 Å². The molecule has 0 aromatic heterocycles. The van der Waals surface area contributed by atoms with Gasteiger partial charge in [-0.2, -0.15) is 0 Å². The third-order valence-corrected chi connectivity index (χ3v) is 6.89. The van der Waals surface area contributed by atoms with E-state index in [1.54, 1.807) is 30.3 Å². The number of amides is 1. The number of aliphatic hydroxyl groups is 1. The number of anilines is 1. The molecule has 0 saturated heterocycles. The largest absolute Gasteiger partial charge is 0.489 e. The van der Waals surface area contributed by atoms with Crippen LogP contribution in [0.4, 0.5) is 5.69 Å². The Labute approximate surface area is 227 Å². The van der Waals surface area contributed by atoms with Gasteiger partial charge < -0.3 is 14.6 Å². The van der Waals surface area contributed by atoms with Crippen molar-refractivity contribution in [2.45, 2.75) is 18.9 Å². The van der Waals surface area contributed by atoms with E-state index in [9.17, 15) is 9.90 Å². The molecule has 1 unspecified atom stereocenters. The number of rotatable bonds is 8. The number of hydrogen-bond donors (Lipinski definition) is 1. The highest BCUT2D eigenvalue weighted by atomic mass is 16.5. The molecule has 0 radical (unpaired) electrons. The third kappa shape index (κ3) is 4.76. The molecule has 1 heterocycles. The molecule has 1 atom stereocenters. The van der Waals surface area contributed by atoms with Crippen LogP contribution in [0.25, 0.3) is 0 Å². The van der Waals surface area contributed by atoms with Gasteiger partial charge in [0.25, 0.3) is 5.91 Å². The van der Waals surface area contributed by atoms with Gasteiger partial charge in [-0.15, -0.1) is 0 Å². The van der Waals surface area contributed by atoms with Crippen molar-refractivity contribution in [2.75, 3.05) is 4.90 Å². The maximum Gasteiger partial charge on any atom is 0.261 e. The zero-order chi connectivity index (χ0) is 26.7. The Morgan fingerprint density at radius 2 is 1.13 bits per heavy atom. The van der Waals surface area contributed by atoms with Crippen LogP contribution in [-0.4, -0.2) is 11.0 Å². The fourth-order valence-electron chi connectivity index (χ4n) is 4.91. The summed E-state index contributed by atoms with van der Waals surface area (Å²) in [6.07, 6.45) is 0. The van der Waals surface area contributed by atoms with E-state index < -0.39 is 5.72 Å². The minimum absolute atomic E-state index is 0.306. The van der Waals surface area contributed by atoms with Crippen LogP contribution in [0.15, 0.2) is 133 Å². The lowest BCUT2D eigenvalue weighted by molar-refractivity contribution is 0.0703. The van der Waals surface area contributed by atoms with Gasteiger partial charge in [-0.05, 0) is 53.6 Å². The number of carbonyl (C=O) groups is 1. The number of hydrogen-bond acceptors (Lipinski definition) is 4. The highest BCUT2D eigenvalue weighted by Crippen LogP contribution is 2.46. The lowest BCUT2D eigenvalue weighted by Crippen LogP contribution is -2.45. The summed E-state index contributed by atoms with van der Waals surface area (Å²) in [4.78, 5) is 15.3. The third-order valence-electron chi connectivity index (χ3n) is 6.89. The van der Waals surface area contributed by atoms with Crippen LogP contribution in [0.1, 0.15) is 32.6 Å². The van der Waals surface area contributed by atoms with Crippen molar-refractivity contribution in [3.63, 3.8) is 0 Å². The van der Waals surface area contributed by atoms with Crippen molar-refractivity contribution in [3.8, 4) is 11.5 Å². The highest BCUT2D eigenvalue weighted by Gasteiger charge is 2.50. The second-order valence-electron chi connectivity index (χ2n) is 9.43. The molecule has 5 aromatic carbocycles. The lowest BCUT2D eigenvalue weighted by atomic mass is 9.93. The summed E-state index contributed by atoms with van der Waals surface area (Å²) in [6, 6.07) is 41.5. The van der Waals surface area contributed by atoms with Gasteiger partial charge >= 0.3 is 0 Å². The maximum atomic E-state index is 13.9. The van der Waals surface area contributed by atoms with E-state index in [0.717, 1.165) is 11.1 Å². The maximum absolute atomic E-state index is 13.9. The highest BCUT2D eigenvalue weighted by molar-refractivity contribution is 6.12. The van der Waals surface area contributed by atoms with Crippen LogP contribution in [0.5, 0.6) is 11.5 Å². The minimum Gasteiger partial charge on any atom is -0.489 e. The summed E-state index contributed by atoms with van der Waals surface area (Å²) in [5, 5.41) is 12.3. The van der Waals surface area contributed by atoms with Gasteiger partial charge in [0.1, 0.15) is 24.7 Å². The van der Waals surface area contributed by atoms with Gasteiger partial charge in [-0.1, -0.05) is 91.0 Å². The number of ether oxygens (including phenoxy) is 2. The van der Waals surface area contributed by atoms with Gasteiger partial charge in [-0.25, -0.2) is 0 Å². The predicted octanol–water partition coefficient (Wildman–Crippen LogP) is 6.70. The molecule has 1 aliphatic rings. The second-order valence-corrected chi connectivity index (χ2v) is 9.43. The Morgan fingerprint density at radius 1 is 0.615 bits per heavy atom. The average Bonchev–Trinajstić information content (AvgIpc) is 3.23. The first-order valence-electron chi connectivity index (χ1n) is 12.8. The summed E-state index contributed by atoms with van der Waals surface area (Å²) in [5.41, 5.74) is 2.47. The summed E-state index contributed by atoms with van der Waals surface area (Å²) < 4.78 is 11.9. The molecule has 39 heavy (non-hydrogen) atoms. The monoisotopic (exact) mass is 513 g/mol. The van der Waals surface area contributed by atoms with Gasteiger partial charge in [0.2, 0.25) is 0 Å². The van der Waals surface area contributed by atoms with Gasteiger partial charge in [0, 0.05) is 16.8 Å². The quantitative estimate of drug-likeness (QED) is 0.251. The van der Waals surface area contributed by atoms with Gasteiger partial charge in [0.05, 0.1) is 5.56 Å². The number of nitrogens with zero attached hydrogens (tertiary/aromatic N) is 1. The zero-order valence-corrected chi connectivity index (χ0v) is 21.2. The average molecular weight is 514 g/mol. The van der Waals surface area contributed by atoms with Crippen molar-refractivity contribution in [3.05, 3.63) is 161 Å². The topological polar surface area (TPSA) is 59.0 Å². The molecule has 0 bridgehead atoms. The van der Waals surface area contributed by atoms with Crippen LogP contribution < -0.4 is 14.4 Å². The Balaban J connectivity index is 1.31. The summed E-state index contributed by atoms with van der Waals surface area (Å²) in [5.74, 6) is 0.930. The Kier molecular flexibility index (Phi) is 6.57. The molecule has 0 saturated carbocycles. The second kappa shape index (κ2) is 10.5. The number of carbonyl (C=O) groups excluding carboxylic acids is 1. The molecule has 6 rings (SSSR count). The van der Waals surface area contributed by atoms with Crippen molar-refractivity contribution in [2.24, 2.45) is 0 Å². The van der Waals surface area contributed by atoms with Crippen LogP contribution in [0.3, 0.4) is 0 Å². The summed E-state index contributed by atoms with van der Waals surface area (Å²) in [6.45, 7) is 0.818. The Morgan fingerprint density at radius 3 is 1.72 bits per heavy atom. The molecule has 0 fully saturated rings. The zero-order valence-electron chi connectivity index (χ0n) is 21.2. The van der Waals surface area contributed by atoms with E-state index in [0.29, 0.717) is 47.1 Å². The van der Waals surface area contributed by atoms with E-state index in [-0.39, 0.29) is 5.91 Å². The van der Waals surface area contributed by atoms with Crippen LogP contribution in [0, 0.1) is 0 Å². The Hall–Kier alpha value is -4.87. The molecule has 0 aliphatic carbocycles. The first-order chi connectivity index (χ1) is 19.1. The van der Waals surface area contributed by atoms with Crippen molar-refractivity contribution in [1.82, 2.24) is 0 Å². The molecule has 1 N–H and O–H groups in total. The minimum atomic E-state index is -1.68. The molecular weight excluding hydrogens is 486 g/mol. The summed E-state index contributed by atoms with van der Waals surface area (Å²) in [7, 11) is 0. The first-order valence-corrected chi connectivity index (χ1v) is 12.8. The van der Waals surface area contributed by atoms with Crippen LogP contribution in [-0.2, 0) is 18.9 Å². The van der Waals surface area contributed by atoms with E-state index in [2.05, 4.69) is 0 Å². The fourth-order valence-corrected chi connectivity index (χ4v) is 4.91. The van der Waals surface area contributed by atoms with Crippen molar-refractivity contribution >= 4 is 11.6 Å². The predicted molar refractivity (Wildman–Crippen MR) is 151 cm³/mol. The molecule has 1 amide bonds. The first kappa shape index (κ1) is 24.5. The summed E-state index contributed by atoms with van der Waals surface area (Å²) >= 11 is 0. The van der Waals surface area contributed by atoms with Gasteiger partial charge in [-0.3, -0.25) is 9.69 Å². The molecule has 5 nitrogen and oxygen atoms in total. The van der Waals surface area contributed by atoms with E-state index in [4.69, 9.17) is 9.47 Å². The van der Waals surface area contributed by atoms with Crippen LogP contribution in [0.2, 0.25) is 0 Å². The smallest absolute Gasteiger partial charge is 0.261 e. The van der Waals surface area contributed by atoms with Crippen molar-refractivity contribution < 1.29 is 19.4 Å². The van der Waals surface area contributed by atoms with Gasteiger partial charge in [0.15, 0.2) is 5.72 Å². The number of fused-ring (bicyclic) bond motifs is 1. The molecule has 5 heteroatoms. The van der Waals surface area contributed by atoms with Crippen LogP contribution >= 0.6 is 0 Å².